The zero-order chi connectivity index (χ0) is 24.8. The molecule has 4 rings (SSSR count). The molecule has 188 valence electrons. The number of piperidine rings is 1. The van der Waals surface area contributed by atoms with E-state index in [4.69, 9.17) is 4.42 Å². The van der Waals surface area contributed by atoms with Crippen molar-refractivity contribution in [1.82, 2.24) is 15.1 Å². The summed E-state index contributed by atoms with van der Waals surface area (Å²) in [5.74, 6) is -0.168. The number of furan rings is 1. The predicted octanol–water partition coefficient (Wildman–Crippen LogP) is 3.79. The third-order valence-electron chi connectivity index (χ3n) is 6.41. The number of carbonyl (C=O) groups excluding carboxylic acids is 3. The zero-order valence-electron chi connectivity index (χ0n) is 20.6. The van der Waals surface area contributed by atoms with E-state index in [0.29, 0.717) is 30.9 Å². The average Bonchev–Trinajstić information content (AvgIpc) is 3.29. The molecule has 0 bridgehead atoms. The van der Waals surface area contributed by atoms with Crippen molar-refractivity contribution in [2.45, 2.75) is 45.6 Å². The first-order chi connectivity index (χ1) is 16.9. The van der Waals surface area contributed by atoms with Gasteiger partial charge in [-0.25, -0.2) is 4.79 Å². The third-order valence-corrected chi connectivity index (χ3v) is 6.41. The first kappa shape index (κ1) is 24.6. The number of urea groups is 1. The van der Waals surface area contributed by atoms with Crippen LogP contribution in [0.3, 0.4) is 0 Å². The van der Waals surface area contributed by atoms with Crippen LogP contribution >= 0.6 is 0 Å². The Morgan fingerprint density at radius 2 is 1.66 bits per heavy atom. The van der Waals surface area contributed by atoms with Gasteiger partial charge < -0.3 is 29.8 Å². The fraction of sp³-hybridized carbons (Fsp3) is 0.500. The second kappa shape index (κ2) is 11.3. The Balaban J connectivity index is 1.57. The number of nitrogens with zero attached hydrogens (tertiary/aromatic N) is 3. The molecule has 0 spiro atoms. The van der Waals surface area contributed by atoms with E-state index < -0.39 is 0 Å². The number of anilines is 2. The van der Waals surface area contributed by atoms with Crippen molar-refractivity contribution in [2.24, 2.45) is 0 Å². The van der Waals surface area contributed by atoms with E-state index >= 15 is 0 Å². The van der Waals surface area contributed by atoms with Crippen molar-refractivity contribution in [1.29, 1.82) is 0 Å². The van der Waals surface area contributed by atoms with Gasteiger partial charge in [-0.1, -0.05) is 0 Å². The molecule has 0 aliphatic carbocycles. The van der Waals surface area contributed by atoms with Gasteiger partial charge in [-0.15, -0.1) is 0 Å². The minimum atomic E-state index is -0.360. The van der Waals surface area contributed by atoms with Crippen molar-refractivity contribution in [3.05, 3.63) is 47.9 Å². The molecule has 9 nitrogen and oxygen atoms in total. The summed E-state index contributed by atoms with van der Waals surface area (Å²) in [4.78, 5) is 44.6. The summed E-state index contributed by atoms with van der Waals surface area (Å²) in [6.07, 6.45) is 5.39. The lowest BCUT2D eigenvalue weighted by atomic mass is 10.1. The van der Waals surface area contributed by atoms with Crippen LogP contribution < -0.4 is 15.5 Å². The van der Waals surface area contributed by atoms with Gasteiger partial charge >= 0.3 is 6.03 Å². The lowest BCUT2D eigenvalue weighted by molar-refractivity contribution is 0.0724. The summed E-state index contributed by atoms with van der Waals surface area (Å²) in [5.41, 5.74) is 1.95. The van der Waals surface area contributed by atoms with Crippen LogP contribution in [0.2, 0.25) is 0 Å². The highest BCUT2D eigenvalue weighted by atomic mass is 16.3. The summed E-state index contributed by atoms with van der Waals surface area (Å²) in [5, 5.41) is 5.81. The summed E-state index contributed by atoms with van der Waals surface area (Å²) < 4.78 is 5.19. The van der Waals surface area contributed by atoms with Crippen molar-refractivity contribution >= 4 is 29.2 Å². The van der Waals surface area contributed by atoms with Crippen molar-refractivity contribution in [3.63, 3.8) is 0 Å². The predicted molar refractivity (Wildman–Crippen MR) is 135 cm³/mol. The van der Waals surface area contributed by atoms with Crippen LogP contribution in [-0.4, -0.2) is 73.0 Å². The van der Waals surface area contributed by atoms with E-state index in [2.05, 4.69) is 15.5 Å². The molecule has 3 heterocycles. The molecule has 4 amide bonds. The largest absolute Gasteiger partial charge is 0.459 e. The van der Waals surface area contributed by atoms with Crippen molar-refractivity contribution in [2.75, 3.05) is 49.5 Å². The van der Waals surface area contributed by atoms with Gasteiger partial charge in [0.25, 0.3) is 11.8 Å². The fourth-order valence-corrected chi connectivity index (χ4v) is 4.63. The van der Waals surface area contributed by atoms with E-state index in [1.54, 1.807) is 18.2 Å². The van der Waals surface area contributed by atoms with Crippen LogP contribution in [0.4, 0.5) is 16.2 Å². The van der Waals surface area contributed by atoms with Gasteiger partial charge in [0.2, 0.25) is 0 Å². The molecule has 1 aromatic carbocycles. The Kier molecular flexibility index (Phi) is 7.94. The molecule has 9 heteroatoms. The van der Waals surface area contributed by atoms with Crippen LogP contribution in [0.15, 0.2) is 41.0 Å². The topological polar surface area (TPSA) is 98.1 Å². The van der Waals surface area contributed by atoms with E-state index in [1.165, 1.54) is 6.26 Å². The molecule has 0 saturated carbocycles. The monoisotopic (exact) mass is 481 g/mol. The molecular weight excluding hydrogens is 446 g/mol. The smallest absolute Gasteiger partial charge is 0.317 e. The minimum absolute atomic E-state index is 0.0209. The Morgan fingerprint density at radius 1 is 0.886 bits per heavy atom. The molecular formula is C26H35N5O4. The molecule has 0 unspecified atom stereocenters. The summed E-state index contributed by atoms with van der Waals surface area (Å²) in [6.45, 7) is 8.00. The molecule has 2 aliphatic rings. The van der Waals surface area contributed by atoms with Crippen molar-refractivity contribution in [3.8, 4) is 0 Å². The number of carbonyl (C=O) groups is 3. The van der Waals surface area contributed by atoms with E-state index in [0.717, 1.165) is 51.0 Å². The van der Waals surface area contributed by atoms with Gasteiger partial charge in [-0.2, -0.15) is 0 Å². The fourth-order valence-electron chi connectivity index (χ4n) is 4.63. The van der Waals surface area contributed by atoms with Crippen molar-refractivity contribution < 1.29 is 18.8 Å². The maximum absolute atomic E-state index is 13.6. The zero-order valence-corrected chi connectivity index (χ0v) is 20.6. The second-order valence-electron chi connectivity index (χ2n) is 9.45. The Bertz CT molecular complexity index is 1030. The minimum Gasteiger partial charge on any atom is -0.459 e. The average molecular weight is 482 g/mol. The quantitative estimate of drug-likeness (QED) is 0.677. The van der Waals surface area contributed by atoms with Crippen LogP contribution in [-0.2, 0) is 0 Å². The highest BCUT2D eigenvalue weighted by Gasteiger charge is 2.26. The van der Waals surface area contributed by atoms with Gasteiger partial charge in [0, 0.05) is 56.7 Å². The Hall–Kier alpha value is -3.49. The molecule has 0 atom stereocenters. The SMILES string of the molecule is CC(C)NC(=O)N1CCCN(c2ccc(NC(=O)c3ccco3)cc2C(=O)N2CCCCC2)CC1. The Labute approximate surface area is 206 Å². The molecule has 2 aromatic rings. The maximum atomic E-state index is 13.6. The number of likely N-dealkylation sites (tertiary alicyclic amines) is 1. The van der Waals surface area contributed by atoms with Gasteiger partial charge in [-0.05, 0) is 69.9 Å². The number of nitrogens with one attached hydrogen (secondary N) is 2. The molecule has 1 aromatic heterocycles. The maximum Gasteiger partial charge on any atom is 0.317 e. The van der Waals surface area contributed by atoms with Gasteiger partial charge in [0.15, 0.2) is 5.76 Å². The summed E-state index contributed by atoms with van der Waals surface area (Å²) >= 11 is 0. The number of hydrogen-bond donors (Lipinski definition) is 2. The van der Waals surface area contributed by atoms with E-state index in [9.17, 15) is 14.4 Å². The third kappa shape index (κ3) is 6.15. The number of benzene rings is 1. The van der Waals surface area contributed by atoms with Gasteiger partial charge in [0.05, 0.1) is 11.8 Å². The van der Waals surface area contributed by atoms with Crippen LogP contribution in [0.1, 0.15) is 60.4 Å². The number of rotatable bonds is 5. The summed E-state index contributed by atoms with van der Waals surface area (Å²) in [7, 11) is 0. The molecule has 2 fully saturated rings. The van der Waals surface area contributed by atoms with Gasteiger partial charge in [-0.3, -0.25) is 9.59 Å². The first-order valence-electron chi connectivity index (χ1n) is 12.5. The van der Waals surface area contributed by atoms with E-state index in [-0.39, 0.29) is 29.6 Å². The Morgan fingerprint density at radius 3 is 2.37 bits per heavy atom. The molecule has 35 heavy (non-hydrogen) atoms. The van der Waals surface area contributed by atoms with E-state index in [1.807, 2.05) is 35.8 Å². The van der Waals surface area contributed by atoms with Crippen LogP contribution in [0, 0.1) is 0 Å². The lowest BCUT2D eigenvalue weighted by Crippen LogP contribution is -2.44. The lowest BCUT2D eigenvalue weighted by Gasteiger charge is -2.30. The molecule has 2 aliphatic heterocycles. The highest BCUT2D eigenvalue weighted by Crippen LogP contribution is 2.28. The van der Waals surface area contributed by atoms with Gasteiger partial charge in [0.1, 0.15) is 0 Å². The first-order valence-corrected chi connectivity index (χ1v) is 12.5. The molecule has 2 N–H and O–H groups in total. The van der Waals surface area contributed by atoms with Crippen LogP contribution in [0.5, 0.6) is 0 Å². The number of amides is 4. The molecule has 0 radical (unpaired) electrons. The molecule has 2 saturated heterocycles. The normalized spacial score (nSPS) is 16.7. The van der Waals surface area contributed by atoms with Crippen LogP contribution in [0.25, 0.3) is 0 Å². The summed E-state index contributed by atoms with van der Waals surface area (Å²) in [6, 6.07) is 8.77. The standard InChI is InChI=1S/C26H35N5O4/c1-19(2)27-26(34)31-14-7-13-29(15-16-31)22-10-9-20(28-24(32)23-8-6-17-35-23)18-21(22)25(33)30-11-4-3-5-12-30/h6,8-10,17-19H,3-5,7,11-16H2,1-2H3,(H,27,34)(H,28,32). The number of hydrogen-bond acceptors (Lipinski definition) is 5. The second-order valence-corrected chi connectivity index (χ2v) is 9.45. The highest BCUT2D eigenvalue weighted by molar-refractivity contribution is 6.05.